The third kappa shape index (κ3) is 7.65. The number of rotatable bonds is 8. The molecular formula is C15H26O4. The number of carbonyl (C=O) groups excluding carboxylic acids is 2. The summed E-state index contributed by atoms with van der Waals surface area (Å²) in [4.78, 5) is 23.4. The topological polar surface area (TPSA) is 52.6 Å². The van der Waals surface area contributed by atoms with Crippen LogP contribution in [0.2, 0.25) is 0 Å². The lowest BCUT2D eigenvalue weighted by molar-refractivity contribution is -0.148. The fraction of sp³-hybridized carbons (Fsp3) is 0.733. The molecule has 0 saturated carbocycles. The van der Waals surface area contributed by atoms with Gasteiger partial charge in [-0.2, -0.15) is 0 Å². The molecule has 4 heteroatoms. The van der Waals surface area contributed by atoms with Crippen LogP contribution in [0.4, 0.5) is 0 Å². The van der Waals surface area contributed by atoms with E-state index in [0.717, 1.165) is 6.42 Å². The van der Waals surface area contributed by atoms with E-state index in [1.807, 2.05) is 34.6 Å². The Kier molecular flexibility index (Phi) is 8.92. The van der Waals surface area contributed by atoms with E-state index in [2.05, 4.69) is 0 Å². The standard InChI is InChI=1S/C15H26O4/c1-6-8-13(15(17)18-9-11(3)4)10-19-14(16)12(5)7-2/h8,11-12H,6-7,9-10H2,1-5H3. The van der Waals surface area contributed by atoms with Crippen LogP contribution in [0.3, 0.4) is 0 Å². The van der Waals surface area contributed by atoms with Crippen LogP contribution in [0.25, 0.3) is 0 Å². The van der Waals surface area contributed by atoms with Gasteiger partial charge in [0.05, 0.1) is 18.1 Å². The van der Waals surface area contributed by atoms with Crippen LogP contribution in [0.5, 0.6) is 0 Å². The average molecular weight is 270 g/mol. The fourth-order valence-corrected chi connectivity index (χ4v) is 1.24. The molecule has 0 rings (SSSR count). The lowest BCUT2D eigenvalue weighted by atomic mass is 10.1. The van der Waals surface area contributed by atoms with Crippen LogP contribution in [-0.2, 0) is 19.1 Å². The quantitative estimate of drug-likeness (QED) is 0.502. The molecule has 0 bridgehead atoms. The Hall–Kier alpha value is -1.32. The zero-order valence-electron chi connectivity index (χ0n) is 12.7. The van der Waals surface area contributed by atoms with Crippen molar-refractivity contribution >= 4 is 11.9 Å². The van der Waals surface area contributed by atoms with Crippen molar-refractivity contribution in [1.82, 2.24) is 0 Å². The average Bonchev–Trinajstić information content (AvgIpc) is 2.39. The molecule has 1 atom stereocenters. The summed E-state index contributed by atoms with van der Waals surface area (Å²) in [6.45, 7) is 9.96. The third-order valence-electron chi connectivity index (χ3n) is 2.65. The Morgan fingerprint density at radius 3 is 2.21 bits per heavy atom. The molecule has 0 saturated heterocycles. The minimum atomic E-state index is -0.396. The second kappa shape index (κ2) is 9.59. The van der Waals surface area contributed by atoms with Crippen molar-refractivity contribution in [2.45, 2.75) is 47.5 Å². The molecule has 0 radical (unpaired) electrons. The summed E-state index contributed by atoms with van der Waals surface area (Å²) in [5.74, 6) is -0.530. The second-order valence-corrected chi connectivity index (χ2v) is 5.05. The highest BCUT2D eigenvalue weighted by Crippen LogP contribution is 2.08. The van der Waals surface area contributed by atoms with Gasteiger partial charge in [-0.15, -0.1) is 0 Å². The smallest absolute Gasteiger partial charge is 0.337 e. The van der Waals surface area contributed by atoms with Crippen LogP contribution in [0.1, 0.15) is 47.5 Å². The van der Waals surface area contributed by atoms with Gasteiger partial charge in [0.15, 0.2) is 0 Å². The van der Waals surface area contributed by atoms with E-state index < -0.39 is 5.97 Å². The molecule has 0 N–H and O–H groups in total. The van der Waals surface area contributed by atoms with Crippen LogP contribution in [-0.4, -0.2) is 25.2 Å². The van der Waals surface area contributed by atoms with Crippen molar-refractivity contribution in [3.05, 3.63) is 11.6 Å². The monoisotopic (exact) mass is 270 g/mol. The van der Waals surface area contributed by atoms with E-state index in [1.165, 1.54) is 0 Å². The van der Waals surface area contributed by atoms with Crippen molar-refractivity contribution in [1.29, 1.82) is 0 Å². The molecule has 0 fully saturated rings. The first kappa shape index (κ1) is 17.7. The summed E-state index contributed by atoms with van der Waals surface area (Å²) >= 11 is 0. The van der Waals surface area contributed by atoms with Gasteiger partial charge >= 0.3 is 11.9 Å². The summed E-state index contributed by atoms with van der Waals surface area (Å²) in [5.41, 5.74) is 0.416. The van der Waals surface area contributed by atoms with Gasteiger partial charge in [0, 0.05) is 0 Å². The molecule has 0 spiro atoms. The highest BCUT2D eigenvalue weighted by Gasteiger charge is 2.16. The SMILES string of the molecule is CCC=C(COC(=O)C(C)CC)C(=O)OCC(C)C. The summed E-state index contributed by atoms with van der Waals surface area (Å²) in [5, 5.41) is 0. The minimum Gasteiger partial charge on any atom is -0.462 e. The lowest BCUT2D eigenvalue weighted by Gasteiger charge is -2.12. The molecule has 19 heavy (non-hydrogen) atoms. The van der Waals surface area contributed by atoms with Crippen molar-refractivity contribution in [3.63, 3.8) is 0 Å². The molecular weight excluding hydrogens is 244 g/mol. The predicted octanol–water partition coefficient (Wildman–Crippen LogP) is 3.11. The Morgan fingerprint density at radius 2 is 1.74 bits per heavy atom. The number of hydrogen-bond donors (Lipinski definition) is 0. The van der Waals surface area contributed by atoms with Crippen LogP contribution < -0.4 is 0 Å². The highest BCUT2D eigenvalue weighted by molar-refractivity contribution is 5.89. The van der Waals surface area contributed by atoms with E-state index in [0.29, 0.717) is 18.6 Å². The third-order valence-corrected chi connectivity index (χ3v) is 2.65. The first-order valence-corrected chi connectivity index (χ1v) is 6.95. The minimum absolute atomic E-state index is 0.00601. The van der Waals surface area contributed by atoms with E-state index >= 15 is 0 Å². The molecule has 1 unspecified atom stereocenters. The first-order chi connectivity index (χ1) is 8.92. The van der Waals surface area contributed by atoms with E-state index in [9.17, 15) is 9.59 Å². The van der Waals surface area contributed by atoms with Gasteiger partial charge < -0.3 is 9.47 Å². The largest absolute Gasteiger partial charge is 0.462 e. The number of carbonyl (C=O) groups is 2. The van der Waals surface area contributed by atoms with Gasteiger partial charge in [-0.3, -0.25) is 4.79 Å². The zero-order valence-corrected chi connectivity index (χ0v) is 12.7. The van der Waals surface area contributed by atoms with Gasteiger partial charge in [0.2, 0.25) is 0 Å². The van der Waals surface area contributed by atoms with Crippen LogP contribution in [0.15, 0.2) is 11.6 Å². The summed E-state index contributed by atoms with van der Waals surface area (Å²) in [7, 11) is 0. The van der Waals surface area contributed by atoms with E-state index in [4.69, 9.17) is 9.47 Å². The maximum absolute atomic E-state index is 11.8. The Morgan fingerprint density at radius 1 is 1.11 bits per heavy atom. The Labute approximate surface area is 116 Å². The predicted molar refractivity (Wildman–Crippen MR) is 74.6 cm³/mol. The molecule has 4 nitrogen and oxygen atoms in total. The van der Waals surface area contributed by atoms with E-state index in [1.54, 1.807) is 6.08 Å². The van der Waals surface area contributed by atoms with Crippen molar-refractivity contribution in [2.75, 3.05) is 13.2 Å². The van der Waals surface area contributed by atoms with Crippen LogP contribution in [0, 0.1) is 11.8 Å². The Balaban J connectivity index is 4.38. The summed E-state index contributed by atoms with van der Waals surface area (Å²) in [6, 6.07) is 0. The van der Waals surface area contributed by atoms with Crippen molar-refractivity contribution in [3.8, 4) is 0 Å². The van der Waals surface area contributed by atoms with Gasteiger partial charge in [-0.25, -0.2) is 4.79 Å². The molecule has 0 aromatic heterocycles. The number of ether oxygens (including phenoxy) is 2. The number of esters is 2. The normalized spacial score (nSPS) is 13.3. The summed E-state index contributed by atoms with van der Waals surface area (Å²) in [6.07, 6.45) is 3.17. The fourth-order valence-electron chi connectivity index (χ4n) is 1.24. The van der Waals surface area contributed by atoms with E-state index in [-0.39, 0.29) is 24.4 Å². The zero-order chi connectivity index (χ0) is 14.8. The molecule has 0 aromatic carbocycles. The Bertz CT molecular complexity index is 318. The lowest BCUT2D eigenvalue weighted by Crippen LogP contribution is -2.20. The maximum atomic E-state index is 11.8. The molecule has 0 amide bonds. The van der Waals surface area contributed by atoms with Gasteiger partial charge in [0.25, 0.3) is 0 Å². The molecule has 0 aliphatic heterocycles. The maximum Gasteiger partial charge on any atom is 0.337 e. The molecule has 110 valence electrons. The number of allylic oxidation sites excluding steroid dienone is 1. The summed E-state index contributed by atoms with van der Waals surface area (Å²) < 4.78 is 10.3. The van der Waals surface area contributed by atoms with Gasteiger partial charge in [-0.05, 0) is 18.8 Å². The van der Waals surface area contributed by atoms with Crippen LogP contribution >= 0.6 is 0 Å². The molecule has 0 heterocycles. The van der Waals surface area contributed by atoms with Crippen molar-refractivity contribution < 1.29 is 19.1 Å². The molecule has 0 aliphatic rings. The van der Waals surface area contributed by atoms with Gasteiger partial charge in [-0.1, -0.05) is 40.7 Å². The van der Waals surface area contributed by atoms with Gasteiger partial charge in [0.1, 0.15) is 6.61 Å². The molecule has 0 aliphatic carbocycles. The second-order valence-electron chi connectivity index (χ2n) is 5.05. The first-order valence-electron chi connectivity index (χ1n) is 6.95. The molecule has 0 aromatic rings. The highest BCUT2D eigenvalue weighted by atomic mass is 16.5. The number of hydrogen-bond acceptors (Lipinski definition) is 4. The van der Waals surface area contributed by atoms with Crippen molar-refractivity contribution in [2.24, 2.45) is 11.8 Å².